The summed E-state index contributed by atoms with van der Waals surface area (Å²) in [5, 5.41) is 18.8. The first-order chi connectivity index (χ1) is 10.1. The normalized spacial score (nSPS) is 28.0. The summed E-state index contributed by atoms with van der Waals surface area (Å²) in [6.07, 6.45) is 3.62. The molecule has 2 aliphatic heterocycles. The van der Waals surface area contributed by atoms with Gasteiger partial charge in [0.1, 0.15) is 5.82 Å². The van der Waals surface area contributed by atoms with Gasteiger partial charge in [-0.1, -0.05) is 0 Å². The molecule has 1 N–H and O–H groups in total. The number of fused-ring (bicyclic) bond motifs is 2. The van der Waals surface area contributed by atoms with Crippen LogP contribution in [-0.4, -0.2) is 34.1 Å². The Bertz CT molecular complexity index is 597. The molecule has 0 aliphatic carbocycles. The molecule has 2 saturated heterocycles. The molecule has 2 aliphatic rings. The summed E-state index contributed by atoms with van der Waals surface area (Å²) in [5.41, 5.74) is 0.375. The SMILES string of the molecule is N#Cc1cc(F)cc(C(=O)N2[C@@H]3CCC[C@H]2CC(O)C3)c1. The van der Waals surface area contributed by atoms with Gasteiger partial charge in [0, 0.05) is 17.6 Å². The number of aliphatic hydroxyl groups is 1. The van der Waals surface area contributed by atoms with E-state index in [9.17, 15) is 14.3 Å². The summed E-state index contributed by atoms with van der Waals surface area (Å²) in [5.74, 6) is -0.799. The van der Waals surface area contributed by atoms with Crippen LogP contribution >= 0.6 is 0 Å². The van der Waals surface area contributed by atoms with Crippen molar-refractivity contribution in [1.82, 2.24) is 4.90 Å². The molecule has 0 saturated carbocycles. The minimum atomic E-state index is -0.570. The minimum Gasteiger partial charge on any atom is -0.393 e. The Labute approximate surface area is 122 Å². The number of nitrogens with zero attached hydrogens (tertiary/aromatic N) is 2. The van der Waals surface area contributed by atoms with Gasteiger partial charge in [0.05, 0.1) is 17.7 Å². The van der Waals surface area contributed by atoms with Crippen molar-refractivity contribution in [2.24, 2.45) is 0 Å². The molecule has 0 aromatic heterocycles. The van der Waals surface area contributed by atoms with E-state index < -0.39 is 5.82 Å². The molecular formula is C16H17FN2O2. The molecule has 0 spiro atoms. The van der Waals surface area contributed by atoms with Crippen molar-refractivity contribution in [2.45, 2.75) is 50.3 Å². The number of hydrogen-bond donors (Lipinski definition) is 1. The van der Waals surface area contributed by atoms with E-state index in [1.54, 1.807) is 4.90 Å². The Morgan fingerprint density at radius 1 is 1.29 bits per heavy atom. The standard InChI is InChI=1S/C16H17FN2O2/c17-12-5-10(9-18)4-11(6-12)16(21)19-13-2-1-3-14(19)8-15(20)7-13/h4-6,13-15,20H,1-3,7-8H2/t13-,14+,15?. The van der Waals surface area contributed by atoms with E-state index in [0.29, 0.717) is 12.8 Å². The second-order valence-corrected chi connectivity index (χ2v) is 5.92. The van der Waals surface area contributed by atoms with Crippen LogP contribution in [0.3, 0.4) is 0 Å². The number of nitriles is 1. The molecule has 3 atom stereocenters. The number of aliphatic hydroxyl groups excluding tert-OH is 1. The number of halogens is 1. The third-order valence-electron chi connectivity index (χ3n) is 4.46. The third kappa shape index (κ3) is 2.64. The lowest BCUT2D eigenvalue weighted by Crippen LogP contribution is -2.55. The van der Waals surface area contributed by atoms with E-state index in [1.807, 2.05) is 6.07 Å². The van der Waals surface area contributed by atoms with Crippen molar-refractivity contribution in [3.63, 3.8) is 0 Å². The van der Waals surface area contributed by atoms with Gasteiger partial charge in [0.25, 0.3) is 5.91 Å². The predicted octanol–water partition coefficient (Wildman–Crippen LogP) is 2.22. The Kier molecular flexibility index (Phi) is 3.64. The van der Waals surface area contributed by atoms with Gasteiger partial charge in [-0.3, -0.25) is 4.79 Å². The van der Waals surface area contributed by atoms with Crippen LogP contribution in [0.4, 0.5) is 4.39 Å². The van der Waals surface area contributed by atoms with Gasteiger partial charge < -0.3 is 10.0 Å². The molecule has 4 nitrogen and oxygen atoms in total. The molecular weight excluding hydrogens is 271 g/mol. The van der Waals surface area contributed by atoms with Gasteiger partial charge in [0.2, 0.25) is 0 Å². The molecule has 21 heavy (non-hydrogen) atoms. The van der Waals surface area contributed by atoms with E-state index in [2.05, 4.69) is 0 Å². The number of benzene rings is 1. The Morgan fingerprint density at radius 2 is 1.95 bits per heavy atom. The molecule has 1 aromatic rings. The van der Waals surface area contributed by atoms with E-state index in [-0.39, 0.29) is 35.2 Å². The first-order valence-corrected chi connectivity index (χ1v) is 7.30. The average Bonchev–Trinajstić information content (AvgIpc) is 2.44. The maximum absolute atomic E-state index is 13.5. The summed E-state index contributed by atoms with van der Waals surface area (Å²) in [6, 6.07) is 5.66. The smallest absolute Gasteiger partial charge is 0.254 e. The molecule has 3 rings (SSSR count). The zero-order valence-corrected chi connectivity index (χ0v) is 11.6. The third-order valence-corrected chi connectivity index (χ3v) is 4.46. The monoisotopic (exact) mass is 288 g/mol. The van der Waals surface area contributed by atoms with Gasteiger partial charge in [-0.25, -0.2) is 4.39 Å². The molecule has 2 fully saturated rings. The molecule has 1 aromatic carbocycles. The predicted molar refractivity (Wildman–Crippen MR) is 74.0 cm³/mol. The zero-order chi connectivity index (χ0) is 15.0. The van der Waals surface area contributed by atoms with Crippen molar-refractivity contribution in [2.75, 3.05) is 0 Å². The van der Waals surface area contributed by atoms with E-state index in [0.717, 1.165) is 25.3 Å². The van der Waals surface area contributed by atoms with Crippen LogP contribution in [0.5, 0.6) is 0 Å². The van der Waals surface area contributed by atoms with Crippen molar-refractivity contribution in [3.05, 3.63) is 35.1 Å². The highest BCUT2D eigenvalue weighted by atomic mass is 19.1. The van der Waals surface area contributed by atoms with Gasteiger partial charge in [0.15, 0.2) is 0 Å². The second-order valence-electron chi connectivity index (χ2n) is 5.92. The van der Waals surface area contributed by atoms with Gasteiger partial charge in [-0.05, 0) is 50.3 Å². The lowest BCUT2D eigenvalue weighted by Gasteiger charge is -2.47. The Morgan fingerprint density at radius 3 is 2.57 bits per heavy atom. The fourth-order valence-corrected chi connectivity index (χ4v) is 3.61. The van der Waals surface area contributed by atoms with Crippen molar-refractivity contribution in [3.8, 4) is 6.07 Å². The lowest BCUT2D eigenvalue weighted by atomic mass is 9.82. The quantitative estimate of drug-likeness (QED) is 0.861. The summed E-state index contributed by atoms with van der Waals surface area (Å²) < 4.78 is 13.5. The Hall–Kier alpha value is -1.93. The van der Waals surface area contributed by atoms with Crippen LogP contribution in [0.15, 0.2) is 18.2 Å². The molecule has 2 heterocycles. The highest BCUT2D eigenvalue weighted by Gasteiger charge is 2.40. The first kappa shape index (κ1) is 14.0. The van der Waals surface area contributed by atoms with Crippen molar-refractivity contribution < 1.29 is 14.3 Å². The number of carbonyl (C=O) groups excluding carboxylic acids is 1. The van der Waals surface area contributed by atoms with Crippen LogP contribution in [-0.2, 0) is 0 Å². The highest BCUT2D eigenvalue weighted by Crippen LogP contribution is 2.35. The summed E-state index contributed by atoms with van der Waals surface area (Å²) in [6.45, 7) is 0. The largest absolute Gasteiger partial charge is 0.393 e. The number of carbonyl (C=O) groups is 1. The number of amides is 1. The summed E-state index contributed by atoms with van der Waals surface area (Å²) in [7, 11) is 0. The molecule has 0 radical (unpaired) electrons. The van der Waals surface area contributed by atoms with Crippen LogP contribution in [0, 0.1) is 17.1 Å². The maximum Gasteiger partial charge on any atom is 0.254 e. The van der Waals surface area contributed by atoms with Crippen molar-refractivity contribution >= 4 is 5.91 Å². The molecule has 2 bridgehead atoms. The second kappa shape index (κ2) is 5.45. The topological polar surface area (TPSA) is 64.3 Å². The lowest BCUT2D eigenvalue weighted by molar-refractivity contribution is -0.0151. The number of piperidine rings is 2. The van der Waals surface area contributed by atoms with Crippen LogP contribution in [0.2, 0.25) is 0 Å². The van der Waals surface area contributed by atoms with Crippen LogP contribution in [0.25, 0.3) is 0 Å². The van der Waals surface area contributed by atoms with Crippen LogP contribution < -0.4 is 0 Å². The minimum absolute atomic E-state index is 0.0220. The maximum atomic E-state index is 13.5. The van der Waals surface area contributed by atoms with E-state index >= 15 is 0 Å². The van der Waals surface area contributed by atoms with Gasteiger partial charge in [-0.2, -0.15) is 5.26 Å². The van der Waals surface area contributed by atoms with Crippen molar-refractivity contribution in [1.29, 1.82) is 5.26 Å². The van der Waals surface area contributed by atoms with Crippen LogP contribution in [0.1, 0.15) is 48.0 Å². The number of rotatable bonds is 1. The summed E-state index contributed by atoms with van der Waals surface area (Å²) in [4.78, 5) is 14.5. The van der Waals surface area contributed by atoms with E-state index in [1.165, 1.54) is 12.1 Å². The Balaban J connectivity index is 1.91. The fourth-order valence-electron chi connectivity index (χ4n) is 3.61. The average molecular weight is 288 g/mol. The van der Waals surface area contributed by atoms with Gasteiger partial charge >= 0.3 is 0 Å². The van der Waals surface area contributed by atoms with E-state index in [4.69, 9.17) is 5.26 Å². The summed E-state index contributed by atoms with van der Waals surface area (Å²) >= 11 is 0. The fraction of sp³-hybridized carbons (Fsp3) is 0.500. The molecule has 1 unspecified atom stereocenters. The first-order valence-electron chi connectivity index (χ1n) is 7.30. The molecule has 5 heteroatoms. The van der Waals surface area contributed by atoms with Gasteiger partial charge in [-0.15, -0.1) is 0 Å². The number of hydrogen-bond acceptors (Lipinski definition) is 3. The highest BCUT2D eigenvalue weighted by molar-refractivity contribution is 5.95. The molecule has 110 valence electrons. The molecule has 1 amide bonds. The zero-order valence-electron chi connectivity index (χ0n) is 11.6.